The van der Waals surface area contributed by atoms with Gasteiger partial charge in [-0.3, -0.25) is 0 Å². The Morgan fingerprint density at radius 1 is 0.833 bits per heavy atom. The minimum absolute atomic E-state index is 0.336. The Bertz CT molecular complexity index is 1360. The van der Waals surface area contributed by atoms with Crippen molar-refractivity contribution in [3.8, 4) is 11.4 Å². The molecule has 7 heteroatoms. The van der Waals surface area contributed by atoms with Crippen LogP contribution in [0.4, 0.5) is 0 Å². The molecule has 192 valence electrons. The summed E-state index contributed by atoms with van der Waals surface area (Å²) in [6.45, 7) is 7.17. The van der Waals surface area contributed by atoms with Crippen LogP contribution in [0.2, 0.25) is 0 Å². The van der Waals surface area contributed by atoms with Crippen molar-refractivity contribution in [3.05, 3.63) is 47.5 Å². The minimum Gasteiger partial charge on any atom is -0.327 e. The predicted molar refractivity (Wildman–Crippen MR) is 145 cm³/mol. The third-order valence-electron chi connectivity index (χ3n) is 8.82. The lowest BCUT2D eigenvalue weighted by molar-refractivity contribution is 0.0844. The first-order valence-electron chi connectivity index (χ1n) is 13.5. The van der Waals surface area contributed by atoms with E-state index in [9.17, 15) is 8.42 Å². The monoisotopic (exact) mass is 506 g/mol. The summed E-state index contributed by atoms with van der Waals surface area (Å²) in [5.41, 5.74) is 5.77. The number of hydrogen-bond acceptors (Lipinski definition) is 5. The molecule has 0 N–H and O–H groups in total. The summed E-state index contributed by atoms with van der Waals surface area (Å²) < 4.78 is 25.8. The van der Waals surface area contributed by atoms with Gasteiger partial charge in [-0.2, -0.15) is 0 Å². The highest BCUT2D eigenvalue weighted by Gasteiger charge is 2.34. The Kier molecular flexibility index (Phi) is 6.21. The Balaban J connectivity index is 1.17. The quantitative estimate of drug-likeness (QED) is 0.500. The minimum atomic E-state index is -3.21. The van der Waals surface area contributed by atoms with Gasteiger partial charge in [0.1, 0.15) is 5.82 Å². The normalized spacial score (nSPS) is 21.4. The topological polar surface area (TPSA) is 58.4 Å². The van der Waals surface area contributed by atoms with Crippen LogP contribution in [0.15, 0.2) is 41.3 Å². The van der Waals surface area contributed by atoms with Crippen LogP contribution in [0.5, 0.6) is 0 Å². The molecule has 6 rings (SSSR count). The average Bonchev–Trinajstić information content (AvgIpc) is 3.68. The third kappa shape index (κ3) is 4.61. The lowest BCUT2D eigenvalue weighted by Gasteiger charge is -2.42. The number of piperidine rings is 2. The lowest BCUT2D eigenvalue weighted by Crippen LogP contribution is -2.47. The number of benzene rings is 2. The average molecular weight is 507 g/mol. The number of likely N-dealkylation sites (tertiary alicyclic amines) is 2. The highest BCUT2D eigenvalue weighted by molar-refractivity contribution is 7.90. The number of sulfone groups is 1. The van der Waals surface area contributed by atoms with Crippen LogP contribution in [-0.4, -0.2) is 72.3 Å². The van der Waals surface area contributed by atoms with Gasteiger partial charge in [0.05, 0.1) is 15.9 Å². The molecule has 0 atom stereocenters. The first-order valence-corrected chi connectivity index (χ1v) is 15.4. The van der Waals surface area contributed by atoms with Gasteiger partial charge in [-0.05, 0) is 119 Å². The van der Waals surface area contributed by atoms with Crippen LogP contribution in [0.25, 0.3) is 22.4 Å². The zero-order valence-electron chi connectivity index (χ0n) is 21.8. The number of aryl methyl sites for hydroxylation is 2. The Morgan fingerprint density at radius 3 is 2.00 bits per heavy atom. The molecular weight excluding hydrogens is 468 g/mol. The molecule has 1 aromatic heterocycles. The van der Waals surface area contributed by atoms with Gasteiger partial charge in [0.25, 0.3) is 0 Å². The SMILES string of the molecule is Cc1cc(C2CCN(C3CCN(C4CC4)CC3)CC2)cc2c1nc(-c1ccc(S(C)(=O)=O)cc1)n2C. The first kappa shape index (κ1) is 24.1. The van der Waals surface area contributed by atoms with Gasteiger partial charge in [-0.25, -0.2) is 13.4 Å². The smallest absolute Gasteiger partial charge is 0.175 e. The molecule has 0 radical (unpaired) electrons. The van der Waals surface area contributed by atoms with Crippen molar-refractivity contribution in [2.24, 2.45) is 7.05 Å². The number of aromatic nitrogens is 2. The first-order chi connectivity index (χ1) is 17.3. The van der Waals surface area contributed by atoms with Crippen molar-refractivity contribution in [1.82, 2.24) is 19.4 Å². The van der Waals surface area contributed by atoms with E-state index in [4.69, 9.17) is 4.98 Å². The van der Waals surface area contributed by atoms with Crippen molar-refractivity contribution in [2.45, 2.75) is 68.3 Å². The van der Waals surface area contributed by atoms with Gasteiger partial charge in [0.2, 0.25) is 0 Å². The van der Waals surface area contributed by atoms with Gasteiger partial charge in [-0.15, -0.1) is 0 Å². The molecule has 2 aromatic carbocycles. The second-order valence-electron chi connectivity index (χ2n) is 11.3. The standard InChI is InChI=1S/C29H38N4O2S/c1-20-18-23(21-10-14-32(15-11-21)25-12-16-33(17-13-25)24-6-7-24)19-27-28(20)30-29(31(27)2)22-4-8-26(9-5-22)36(3,34)35/h4-5,8-9,18-19,21,24-25H,6-7,10-17H2,1-3H3. The molecule has 0 spiro atoms. The van der Waals surface area contributed by atoms with Crippen LogP contribution in [0, 0.1) is 6.92 Å². The summed E-state index contributed by atoms with van der Waals surface area (Å²) in [6.07, 6.45) is 9.23. The Morgan fingerprint density at radius 2 is 1.42 bits per heavy atom. The Hall–Kier alpha value is -2.22. The molecule has 36 heavy (non-hydrogen) atoms. The molecule has 3 aromatic rings. The van der Waals surface area contributed by atoms with E-state index in [1.165, 1.54) is 82.1 Å². The number of rotatable bonds is 5. The highest BCUT2D eigenvalue weighted by atomic mass is 32.2. The van der Waals surface area contributed by atoms with E-state index in [2.05, 4.69) is 40.5 Å². The second-order valence-corrected chi connectivity index (χ2v) is 13.3. The van der Waals surface area contributed by atoms with Crippen molar-refractivity contribution in [2.75, 3.05) is 32.4 Å². The number of hydrogen-bond donors (Lipinski definition) is 0. The predicted octanol–water partition coefficient (Wildman–Crippen LogP) is 4.76. The summed E-state index contributed by atoms with van der Waals surface area (Å²) >= 11 is 0. The van der Waals surface area contributed by atoms with Crippen LogP contribution in [0.1, 0.15) is 55.6 Å². The van der Waals surface area contributed by atoms with Crippen LogP contribution in [-0.2, 0) is 16.9 Å². The fraction of sp³-hybridized carbons (Fsp3) is 0.552. The van der Waals surface area contributed by atoms with Gasteiger partial charge in [0, 0.05) is 31.0 Å². The van der Waals surface area contributed by atoms with E-state index >= 15 is 0 Å². The zero-order valence-corrected chi connectivity index (χ0v) is 22.6. The van der Waals surface area contributed by atoms with Crippen LogP contribution >= 0.6 is 0 Å². The van der Waals surface area contributed by atoms with Crippen LogP contribution < -0.4 is 0 Å². The molecule has 6 nitrogen and oxygen atoms in total. The lowest BCUT2D eigenvalue weighted by atomic mass is 9.87. The largest absolute Gasteiger partial charge is 0.327 e. The van der Waals surface area contributed by atoms with Crippen molar-refractivity contribution in [3.63, 3.8) is 0 Å². The van der Waals surface area contributed by atoms with E-state index in [-0.39, 0.29) is 0 Å². The van der Waals surface area contributed by atoms with Gasteiger partial charge >= 0.3 is 0 Å². The zero-order chi connectivity index (χ0) is 25.0. The summed E-state index contributed by atoms with van der Waals surface area (Å²) in [5, 5.41) is 0. The van der Waals surface area contributed by atoms with Crippen molar-refractivity contribution in [1.29, 1.82) is 0 Å². The maximum atomic E-state index is 11.8. The fourth-order valence-corrected chi connectivity index (χ4v) is 7.11. The number of nitrogens with zero attached hydrogens (tertiary/aromatic N) is 4. The highest BCUT2D eigenvalue weighted by Crippen LogP contribution is 2.36. The van der Waals surface area contributed by atoms with Gasteiger partial charge < -0.3 is 14.4 Å². The Labute approximate surface area is 215 Å². The summed E-state index contributed by atoms with van der Waals surface area (Å²) in [7, 11) is -1.14. The molecule has 0 bridgehead atoms. The van der Waals surface area contributed by atoms with Gasteiger partial charge in [-0.1, -0.05) is 6.07 Å². The molecule has 3 heterocycles. The summed E-state index contributed by atoms with van der Waals surface area (Å²) in [4.78, 5) is 10.8. The molecule has 2 saturated heterocycles. The number of imidazole rings is 1. The van der Waals surface area contributed by atoms with Crippen molar-refractivity contribution >= 4 is 20.9 Å². The van der Waals surface area contributed by atoms with Crippen LogP contribution in [0.3, 0.4) is 0 Å². The van der Waals surface area contributed by atoms with E-state index < -0.39 is 9.84 Å². The molecule has 0 unspecified atom stereocenters. The van der Waals surface area contributed by atoms with E-state index in [0.29, 0.717) is 10.8 Å². The van der Waals surface area contributed by atoms with Crippen molar-refractivity contribution < 1.29 is 8.42 Å². The molecule has 1 aliphatic carbocycles. The molecule has 2 aliphatic heterocycles. The molecule has 3 aliphatic rings. The third-order valence-corrected chi connectivity index (χ3v) is 9.95. The number of fused-ring (bicyclic) bond motifs is 1. The molecular formula is C29H38N4O2S. The summed E-state index contributed by atoms with van der Waals surface area (Å²) in [6, 6.07) is 13.4. The second kappa shape index (κ2) is 9.26. The molecule has 3 fully saturated rings. The van der Waals surface area contributed by atoms with E-state index in [1.54, 1.807) is 12.1 Å². The maximum Gasteiger partial charge on any atom is 0.175 e. The van der Waals surface area contributed by atoms with E-state index in [0.717, 1.165) is 34.5 Å². The fourth-order valence-electron chi connectivity index (χ4n) is 6.48. The summed E-state index contributed by atoms with van der Waals surface area (Å²) in [5.74, 6) is 1.47. The van der Waals surface area contributed by atoms with Gasteiger partial charge in [0.15, 0.2) is 9.84 Å². The van der Waals surface area contributed by atoms with E-state index in [1.807, 2.05) is 12.1 Å². The molecule has 1 saturated carbocycles. The maximum absolute atomic E-state index is 11.8. The molecule has 0 amide bonds.